The molecule has 1 heterocycles. The zero-order valence-corrected chi connectivity index (χ0v) is 16.6. The third-order valence-electron chi connectivity index (χ3n) is 4.21. The van der Waals surface area contributed by atoms with E-state index in [9.17, 15) is 9.59 Å². The van der Waals surface area contributed by atoms with Crippen molar-refractivity contribution in [2.75, 3.05) is 22.1 Å². The van der Waals surface area contributed by atoms with Gasteiger partial charge in [-0.05, 0) is 61.9 Å². The van der Waals surface area contributed by atoms with Crippen LogP contribution in [-0.4, -0.2) is 28.3 Å². The lowest BCUT2D eigenvalue weighted by molar-refractivity contribution is -0.114. The second-order valence-electron chi connectivity index (χ2n) is 6.54. The second-order valence-corrected chi connectivity index (χ2v) is 6.54. The third kappa shape index (κ3) is 5.16. The van der Waals surface area contributed by atoms with Gasteiger partial charge in [0.1, 0.15) is 5.69 Å². The van der Waals surface area contributed by atoms with E-state index in [0.717, 1.165) is 11.3 Å². The van der Waals surface area contributed by atoms with Gasteiger partial charge >= 0.3 is 0 Å². The van der Waals surface area contributed by atoms with E-state index in [0.29, 0.717) is 23.9 Å². The van der Waals surface area contributed by atoms with Crippen molar-refractivity contribution in [3.63, 3.8) is 0 Å². The van der Waals surface area contributed by atoms with Crippen LogP contribution in [0.3, 0.4) is 0 Å². The van der Waals surface area contributed by atoms with Crippen LogP contribution in [0.25, 0.3) is 0 Å². The van der Waals surface area contributed by atoms with Crippen LogP contribution in [0.4, 0.5) is 23.0 Å². The molecule has 0 fully saturated rings. The molecule has 2 aromatic carbocycles. The van der Waals surface area contributed by atoms with Gasteiger partial charge in [-0.25, -0.2) is 9.97 Å². The number of carbonyl (C=O) groups excluding carboxylic acids is 2. The number of aromatic nitrogens is 2. The Bertz CT molecular complexity index is 1020. The Kier molecular flexibility index (Phi) is 6.19. The molecule has 3 aromatic rings. The number of aryl methyl sites for hydroxylation is 1. The number of carbonyl (C=O) groups is 2. The second kappa shape index (κ2) is 8.97. The average Bonchev–Trinajstić information content (AvgIpc) is 2.70. The lowest BCUT2D eigenvalue weighted by Crippen LogP contribution is -2.21. The summed E-state index contributed by atoms with van der Waals surface area (Å²) in [5.41, 5.74) is 3.65. The summed E-state index contributed by atoms with van der Waals surface area (Å²) in [6.45, 7) is 6.15. The Balaban J connectivity index is 1.77. The molecule has 3 rings (SSSR count). The van der Waals surface area contributed by atoms with Crippen molar-refractivity contribution >= 4 is 34.8 Å². The fraction of sp³-hybridized carbons (Fsp3) is 0.182. The summed E-state index contributed by atoms with van der Waals surface area (Å²) in [6, 6.07) is 16.5. The first-order valence-corrected chi connectivity index (χ1v) is 9.32. The van der Waals surface area contributed by atoms with E-state index in [1.165, 1.54) is 6.92 Å². The molecule has 148 valence electrons. The zero-order valence-electron chi connectivity index (χ0n) is 16.6. The monoisotopic (exact) mass is 389 g/mol. The number of anilines is 4. The van der Waals surface area contributed by atoms with Gasteiger partial charge in [0, 0.05) is 36.7 Å². The van der Waals surface area contributed by atoms with Gasteiger partial charge in [-0.2, -0.15) is 0 Å². The van der Waals surface area contributed by atoms with Crippen molar-refractivity contribution in [2.45, 2.75) is 20.8 Å². The van der Waals surface area contributed by atoms with Crippen LogP contribution >= 0.6 is 0 Å². The molecule has 1 aromatic heterocycles. The first-order valence-electron chi connectivity index (χ1n) is 9.32. The molecule has 0 saturated heterocycles. The topological polar surface area (TPSA) is 87.2 Å². The quantitative estimate of drug-likeness (QED) is 0.661. The van der Waals surface area contributed by atoms with Gasteiger partial charge in [0.05, 0.1) is 0 Å². The molecule has 0 aliphatic carbocycles. The van der Waals surface area contributed by atoms with Gasteiger partial charge in [-0.3, -0.25) is 9.59 Å². The summed E-state index contributed by atoms with van der Waals surface area (Å²) in [7, 11) is 0. The van der Waals surface area contributed by atoms with Crippen LogP contribution in [0.5, 0.6) is 0 Å². The molecule has 0 aliphatic heterocycles. The molecule has 2 amide bonds. The summed E-state index contributed by atoms with van der Waals surface area (Å²) in [4.78, 5) is 34.5. The van der Waals surface area contributed by atoms with E-state index >= 15 is 0 Å². The van der Waals surface area contributed by atoms with Gasteiger partial charge in [0.2, 0.25) is 11.9 Å². The molecule has 0 aliphatic rings. The van der Waals surface area contributed by atoms with Crippen molar-refractivity contribution in [3.8, 4) is 0 Å². The Morgan fingerprint density at radius 3 is 2.31 bits per heavy atom. The van der Waals surface area contributed by atoms with Gasteiger partial charge in [-0.1, -0.05) is 12.1 Å². The number of benzene rings is 2. The van der Waals surface area contributed by atoms with E-state index in [-0.39, 0.29) is 17.5 Å². The largest absolute Gasteiger partial charge is 0.326 e. The molecule has 7 heteroatoms. The molecule has 0 radical (unpaired) electrons. The van der Waals surface area contributed by atoms with Crippen molar-refractivity contribution in [1.82, 2.24) is 9.97 Å². The highest BCUT2D eigenvalue weighted by Crippen LogP contribution is 2.23. The van der Waals surface area contributed by atoms with Crippen molar-refractivity contribution in [1.29, 1.82) is 0 Å². The fourth-order valence-corrected chi connectivity index (χ4v) is 2.88. The van der Waals surface area contributed by atoms with E-state index in [4.69, 9.17) is 0 Å². The fourth-order valence-electron chi connectivity index (χ4n) is 2.88. The molecular formula is C22H23N5O2. The number of rotatable bonds is 6. The van der Waals surface area contributed by atoms with E-state index in [1.807, 2.05) is 36.9 Å². The Hall–Kier alpha value is -3.74. The van der Waals surface area contributed by atoms with Crippen LogP contribution in [0.15, 0.2) is 60.8 Å². The molecule has 0 unspecified atom stereocenters. The maximum atomic E-state index is 12.6. The maximum absolute atomic E-state index is 12.6. The van der Waals surface area contributed by atoms with Gasteiger partial charge in [0.15, 0.2) is 0 Å². The minimum atomic E-state index is -0.332. The van der Waals surface area contributed by atoms with Crippen LogP contribution in [0.1, 0.15) is 29.9 Å². The smallest absolute Gasteiger partial charge is 0.274 e. The Labute approximate surface area is 169 Å². The summed E-state index contributed by atoms with van der Waals surface area (Å²) in [6.07, 6.45) is 1.58. The van der Waals surface area contributed by atoms with E-state index in [2.05, 4.69) is 26.7 Å². The summed E-state index contributed by atoms with van der Waals surface area (Å²) in [5, 5.41) is 5.50. The third-order valence-corrected chi connectivity index (χ3v) is 4.21. The highest BCUT2D eigenvalue weighted by atomic mass is 16.2. The summed E-state index contributed by atoms with van der Waals surface area (Å²) < 4.78 is 0. The number of hydrogen-bond donors (Lipinski definition) is 2. The van der Waals surface area contributed by atoms with Crippen LogP contribution < -0.4 is 15.5 Å². The predicted octanol–water partition coefficient (Wildman–Crippen LogP) is 4.15. The number of nitrogens with one attached hydrogen (secondary N) is 2. The highest BCUT2D eigenvalue weighted by Gasteiger charge is 2.14. The normalized spacial score (nSPS) is 10.3. The lowest BCUT2D eigenvalue weighted by Gasteiger charge is -2.21. The molecule has 2 N–H and O–H groups in total. The lowest BCUT2D eigenvalue weighted by atomic mass is 10.2. The number of amides is 2. The van der Waals surface area contributed by atoms with Gasteiger partial charge < -0.3 is 15.5 Å². The molecule has 0 saturated carbocycles. The Morgan fingerprint density at radius 1 is 1.00 bits per heavy atom. The van der Waals surface area contributed by atoms with Crippen LogP contribution in [0.2, 0.25) is 0 Å². The standard InChI is InChI=1S/C22H23N5O2/c1-4-27(19-7-5-6-15(2)14-19)22-23-13-12-20(26-22)21(29)25-18-10-8-17(9-11-18)24-16(3)28/h5-14H,4H2,1-3H3,(H,24,28)(H,25,29). The van der Waals surface area contributed by atoms with Crippen molar-refractivity contribution in [2.24, 2.45) is 0 Å². The van der Waals surface area contributed by atoms with Gasteiger partial charge in [0.25, 0.3) is 5.91 Å². The number of nitrogens with zero attached hydrogens (tertiary/aromatic N) is 3. The van der Waals surface area contributed by atoms with Crippen LogP contribution in [-0.2, 0) is 4.79 Å². The van der Waals surface area contributed by atoms with E-state index < -0.39 is 0 Å². The maximum Gasteiger partial charge on any atom is 0.274 e. The number of hydrogen-bond acceptors (Lipinski definition) is 5. The molecule has 0 atom stereocenters. The zero-order chi connectivity index (χ0) is 20.8. The Morgan fingerprint density at radius 2 is 1.69 bits per heavy atom. The first kappa shape index (κ1) is 20.0. The summed E-state index contributed by atoms with van der Waals surface area (Å²) in [5.74, 6) is -0.0163. The molecular weight excluding hydrogens is 366 g/mol. The average molecular weight is 389 g/mol. The van der Waals surface area contributed by atoms with Crippen LogP contribution in [0, 0.1) is 6.92 Å². The highest BCUT2D eigenvalue weighted by molar-refractivity contribution is 6.03. The predicted molar refractivity (Wildman–Crippen MR) is 115 cm³/mol. The molecule has 0 bridgehead atoms. The minimum Gasteiger partial charge on any atom is -0.326 e. The van der Waals surface area contributed by atoms with Gasteiger partial charge in [-0.15, -0.1) is 0 Å². The molecule has 7 nitrogen and oxygen atoms in total. The molecule has 29 heavy (non-hydrogen) atoms. The minimum absolute atomic E-state index is 0.149. The molecule has 0 spiro atoms. The first-order chi connectivity index (χ1) is 14.0. The summed E-state index contributed by atoms with van der Waals surface area (Å²) >= 11 is 0. The van der Waals surface area contributed by atoms with E-state index in [1.54, 1.807) is 36.5 Å². The SMILES string of the molecule is CCN(c1cccc(C)c1)c1nccc(C(=O)Nc2ccc(NC(C)=O)cc2)n1. The van der Waals surface area contributed by atoms with Crippen molar-refractivity contribution in [3.05, 3.63) is 72.1 Å². The van der Waals surface area contributed by atoms with Crippen molar-refractivity contribution < 1.29 is 9.59 Å².